The Morgan fingerprint density at radius 3 is 2.71 bits per heavy atom. The smallest absolute Gasteiger partial charge is 0.160 e. The van der Waals surface area contributed by atoms with Gasteiger partial charge in [-0.3, -0.25) is 0 Å². The highest BCUT2D eigenvalue weighted by Crippen LogP contribution is 2.30. The molecule has 1 aromatic rings. The third-order valence-corrected chi connectivity index (χ3v) is 2.16. The normalized spacial score (nSPS) is 10.1. The summed E-state index contributed by atoms with van der Waals surface area (Å²) in [5.41, 5.74) is 0.873. The van der Waals surface area contributed by atoms with Crippen molar-refractivity contribution >= 4 is 0 Å². The van der Waals surface area contributed by atoms with Gasteiger partial charge in [0.15, 0.2) is 11.5 Å². The zero-order valence-corrected chi connectivity index (χ0v) is 8.36. The van der Waals surface area contributed by atoms with Crippen molar-refractivity contribution in [1.82, 2.24) is 0 Å². The third-order valence-electron chi connectivity index (χ3n) is 2.16. The molecule has 14 heavy (non-hydrogen) atoms. The molecule has 0 spiro atoms. The van der Waals surface area contributed by atoms with Crippen LogP contribution in [0.5, 0.6) is 11.5 Å². The van der Waals surface area contributed by atoms with Crippen molar-refractivity contribution in [2.45, 2.75) is 19.3 Å². The highest BCUT2D eigenvalue weighted by Gasteiger charge is 2.05. The fourth-order valence-electron chi connectivity index (χ4n) is 1.36. The average molecular weight is 196 g/mol. The molecule has 0 saturated heterocycles. The van der Waals surface area contributed by atoms with Gasteiger partial charge in [0.1, 0.15) is 0 Å². The molecule has 3 nitrogen and oxygen atoms in total. The molecule has 0 fully saturated rings. The summed E-state index contributed by atoms with van der Waals surface area (Å²) in [6.07, 6.45) is 2.40. The SMILES string of the molecule is COc1cccc(CCCCO)c1O. The Morgan fingerprint density at radius 1 is 1.29 bits per heavy atom. The van der Waals surface area contributed by atoms with E-state index in [4.69, 9.17) is 9.84 Å². The fraction of sp³-hybridized carbons (Fsp3) is 0.455. The largest absolute Gasteiger partial charge is 0.504 e. The molecular formula is C11H16O3. The maximum absolute atomic E-state index is 9.70. The molecule has 0 unspecified atom stereocenters. The van der Waals surface area contributed by atoms with E-state index < -0.39 is 0 Å². The summed E-state index contributed by atoms with van der Waals surface area (Å²) in [7, 11) is 1.53. The lowest BCUT2D eigenvalue weighted by Crippen LogP contribution is -1.91. The second kappa shape index (κ2) is 5.50. The van der Waals surface area contributed by atoms with Gasteiger partial charge < -0.3 is 14.9 Å². The molecule has 0 saturated carbocycles. The molecule has 78 valence electrons. The second-order valence-electron chi connectivity index (χ2n) is 3.15. The Kier molecular flexibility index (Phi) is 4.26. The van der Waals surface area contributed by atoms with Crippen LogP contribution in [0.2, 0.25) is 0 Å². The number of para-hydroxylation sites is 1. The van der Waals surface area contributed by atoms with Gasteiger partial charge in [-0.05, 0) is 30.9 Å². The zero-order valence-electron chi connectivity index (χ0n) is 8.36. The Hall–Kier alpha value is -1.22. The number of benzene rings is 1. The van der Waals surface area contributed by atoms with E-state index in [2.05, 4.69) is 0 Å². The van der Waals surface area contributed by atoms with E-state index in [1.807, 2.05) is 12.1 Å². The Labute approximate surface area is 84.0 Å². The number of aliphatic hydroxyl groups excluding tert-OH is 1. The van der Waals surface area contributed by atoms with E-state index in [1.165, 1.54) is 7.11 Å². The predicted octanol–water partition coefficient (Wildman–Crippen LogP) is 1.72. The van der Waals surface area contributed by atoms with Gasteiger partial charge in [-0.25, -0.2) is 0 Å². The van der Waals surface area contributed by atoms with Gasteiger partial charge in [0.25, 0.3) is 0 Å². The molecule has 0 aliphatic heterocycles. The predicted molar refractivity (Wildman–Crippen MR) is 54.7 cm³/mol. The van der Waals surface area contributed by atoms with E-state index in [0.717, 1.165) is 24.8 Å². The number of hydrogen-bond donors (Lipinski definition) is 2. The van der Waals surface area contributed by atoms with Crippen LogP contribution in [0.25, 0.3) is 0 Å². The van der Waals surface area contributed by atoms with Crippen LogP contribution in [0.3, 0.4) is 0 Å². The van der Waals surface area contributed by atoms with Gasteiger partial charge in [0.05, 0.1) is 7.11 Å². The molecule has 2 N–H and O–H groups in total. The van der Waals surface area contributed by atoms with Crippen molar-refractivity contribution in [1.29, 1.82) is 0 Å². The zero-order chi connectivity index (χ0) is 10.4. The minimum absolute atomic E-state index is 0.199. The van der Waals surface area contributed by atoms with Crippen LogP contribution in [0.4, 0.5) is 0 Å². The molecular weight excluding hydrogens is 180 g/mol. The molecule has 0 atom stereocenters. The molecule has 0 heterocycles. The lowest BCUT2D eigenvalue weighted by molar-refractivity contribution is 0.284. The van der Waals surface area contributed by atoms with Gasteiger partial charge >= 0.3 is 0 Å². The maximum Gasteiger partial charge on any atom is 0.160 e. The molecule has 0 aromatic heterocycles. The summed E-state index contributed by atoms with van der Waals surface area (Å²) >= 11 is 0. The molecule has 1 rings (SSSR count). The quantitative estimate of drug-likeness (QED) is 0.705. The first-order valence-corrected chi connectivity index (χ1v) is 4.75. The number of phenolic OH excluding ortho intramolecular Hbond substituents is 1. The average Bonchev–Trinajstić information content (AvgIpc) is 2.21. The molecule has 0 radical (unpaired) electrons. The number of methoxy groups -OCH3 is 1. The summed E-state index contributed by atoms with van der Waals surface area (Å²) in [6, 6.07) is 5.45. The summed E-state index contributed by atoms with van der Waals surface area (Å²) in [5.74, 6) is 0.722. The fourth-order valence-corrected chi connectivity index (χ4v) is 1.36. The lowest BCUT2D eigenvalue weighted by atomic mass is 10.1. The van der Waals surface area contributed by atoms with E-state index in [-0.39, 0.29) is 12.4 Å². The van der Waals surface area contributed by atoms with Gasteiger partial charge in [-0.1, -0.05) is 12.1 Å². The van der Waals surface area contributed by atoms with Gasteiger partial charge in [0, 0.05) is 6.61 Å². The Morgan fingerprint density at radius 2 is 2.07 bits per heavy atom. The summed E-state index contributed by atoms with van der Waals surface area (Å²) < 4.78 is 4.99. The van der Waals surface area contributed by atoms with Crippen LogP contribution in [0.15, 0.2) is 18.2 Å². The molecule has 1 aromatic carbocycles. The van der Waals surface area contributed by atoms with Crippen molar-refractivity contribution < 1.29 is 14.9 Å². The minimum Gasteiger partial charge on any atom is -0.504 e. The van der Waals surface area contributed by atoms with Crippen molar-refractivity contribution in [3.05, 3.63) is 23.8 Å². The summed E-state index contributed by atoms with van der Waals surface area (Å²) in [4.78, 5) is 0. The first-order valence-electron chi connectivity index (χ1n) is 4.75. The number of aromatic hydroxyl groups is 1. The van der Waals surface area contributed by atoms with E-state index in [0.29, 0.717) is 5.75 Å². The minimum atomic E-state index is 0.199. The number of rotatable bonds is 5. The standard InChI is InChI=1S/C11H16O3/c1-14-10-7-4-6-9(11(10)13)5-2-3-8-12/h4,6-7,12-13H,2-3,5,8H2,1H3. The van der Waals surface area contributed by atoms with E-state index in [1.54, 1.807) is 6.07 Å². The highest BCUT2D eigenvalue weighted by atomic mass is 16.5. The maximum atomic E-state index is 9.70. The molecule has 0 amide bonds. The molecule has 0 aliphatic carbocycles. The molecule has 0 bridgehead atoms. The Bertz CT molecular complexity index is 284. The first kappa shape index (κ1) is 10.9. The number of phenols is 1. The monoisotopic (exact) mass is 196 g/mol. The number of aliphatic hydroxyl groups is 1. The lowest BCUT2D eigenvalue weighted by Gasteiger charge is -2.07. The summed E-state index contributed by atoms with van der Waals surface area (Å²) in [6.45, 7) is 0.199. The van der Waals surface area contributed by atoms with Crippen molar-refractivity contribution in [3.8, 4) is 11.5 Å². The van der Waals surface area contributed by atoms with Crippen LogP contribution in [0.1, 0.15) is 18.4 Å². The second-order valence-corrected chi connectivity index (χ2v) is 3.15. The molecule has 3 heteroatoms. The van der Waals surface area contributed by atoms with Crippen LogP contribution < -0.4 is 4.74 Å². The van der Waals surface area contributed by atoms with Crippen molar-refractivity contribution in [2.75, 3.05) is 13.7 Å². The van der Waals surface area contributed by atoms with E-state index >= 15 is 0 Å². The highest BCUT2D eigenvalue weighted by molar-refractivity contribution is 5.45. The number of hydrogen-bond acceptors (Lipinski definition) is 3. The number of aryl methyl sites for hydroxylation is 1. The van der Waals surface area contributed by atoms with Gasteiger partial charge in [0.2, 0.25) is 0 Å². The van der Waals surface area contributed by atoms with E-state index in [9.17, 15) is 5.11 Å². The Balaban J connectivity index is 2.66. The van der Waals surface area contributed by atoms with Crippen molar-refractivity contribution in [3.63, 3.8) is 0 Å². The van der Waals surface area contributed by atoms with Crippen LogP contribution in [0, 0.1) is 0 Å². The topological polar surface area (TPSA) is 49.7 Å². The first-order chi connectivity index (χ1) is 6.79. The number of unbranched alkanes of at least 4 members (excludes halogenated alkanes) is 1. The molecule has 0 aliphatic rings. The van der Waals surface area contributed by atoms with Crippen molar-refractivity contribution in [2.24, 2.45) is 0 Å². The van der Waals surface area contributed by atoms with Crippen LogP contribution >= 0.6 is 0 Å². The van der Waals surface area contributed by atoms with Crippen LogP contribution in [-0.2, 0) is 6.42 Å². The van der Waals surface area contributed by atoms with Crippen LogP contribution in [-0.4, -0.2) is 23.9 Å². The van der Waals surface area contributed by atoms with Gasteiger partial charge in [-0.2, -0.15) is 0 Å². The summed E-state index contributed by atoms with van der Waals surface area (Å²) in [5, 5.41) is 18.3. The van der Waals surface area contributed by atoms with Gasteiger partial charge in [-0.15, -0.1) is 0 Å². The number of ether oxygens (including phenoxy) is 1. The third kappa shape index (κ3) is 2.64.